The average molecular weight is 219 g/mol. The zero-order valence-corrected chi connectivity index (χ0v) is 10.2. The number of aromatic nitrogens is 1. The summed E-state index contributed by atoms with van der Waals surface area (Å²) in [5.41, 5.74) is 1.30. The first kappa shape index (κ1) is 11.4. The number of rotatable bonds is 3. The van der Waals surface area contributed by atoms with Gasteiger partial charge in [-0.2, -0.15) is 0 Å². The Hall–Kier alpha value is -1.09. The van der Waals surface area contributed by atoms with Crippen molar-refractivity contribution >= 4 is 5.82 Å². The molecule has 0 aromatic carbocycles. The molecule has 1 aromatic rings. The zero-order chi connectivity index (χ0) is 11.4. The van der Waals surface area contributed by atoms with E-state index in [2.05, 4.69) is 28.2 Å². The highest BCUT2D eigenvalue weighted by Gasteiger charge is 2.19. The van der Waals surface area contributed by atoms with Gasteiger partial charge in [0.2, 0.25) is 0 Å². The molecule has 1 fully saturated rings. The monoisotopic (exact) mass is 219 g/mol. The lowest BCUT2D eigenvalue weighted by Gasteiger charge is -2.33. The van der Waals surface area contributed by atoms with Crippen LogP contribution >= 0.6 is 0 Å². The smallest absolute Gasteiger partial charge is 0.133 e. The Labute approximate surface area is 97.9 Å². The minimum atomic E-state index is 0.790. The maximum atomic E-state index is 4.54. The summed E-state index contributed by atoms with van der Waals surface area (Å²) in [5.74, 6) is 1.96. The van der Waals surface area contributed by atoms with Crippen LogP contribution in [0.4, 0.5) is 5.82 Å². The van der Waals surface area contributed by atoms with Crippen molar-refractivity contribution in [1.29, 1.82) is 0 Å². The Morgan fingerprint density at radius 3 is 3.19 bits per heavy atom. The molecule has 0 amide bonds. The molecule has 16 heavy (non-hydrogen) atoms. The molecule has 2 rings (SSSR count). The van der Waals surface area contributed by atoms with E-state index in [1.807, 2.05) is 19.3 Å². The predicted molar refractivity (Wildman–Crippen MR) is 67.6 cm³/mol. The van der Waals surface area contributed by atoms with Crippen molar-refractivity contribution in [2.24, 2.45) is 5.92 Å². The second-order valence-corrected chi connectivity index (χ2v) is 4.71. The van der Waals surface area contributed by atoms with E-state index in [1.54, 1.807) is 0 Å². The standard InChI is InChI=1S/C13H21N3/c1-11-5-4-8-16(10-11)13-12(9-14-2)6-3-7-15-13/h3,6-7,11,14H,4-5,8-10H2,1-2H3. The van der Waals surface area contributed by atoms with Gasteiger partial charge in [0.25, 0.3) is 0 Å². The Balaban J connectivity index is 2.17. The molecule has 0 saturated carbocycles. The first-order valence-electron chi connectivity index (χ1n) is 6.14. The normalized spacial score (nSPS) is 21.1. The van der Waals surface area contributed by atoms with E-state index >= 15 is 0 Å². The molecule has 1 N–H and O–H groups in total. The maximum Gasteiger partial charge on any atom is 0.133 e. The number of hydrogen-bond acceptors (Lipinski definition) is 3. The van der Waals surface area contributed by atoms with E-state index in [4.69, 9.17) is 0 Å². The molecule has 3 heteroatoms. The molecule has 1 saturated heterocycles. The highest BCUT2D eigenvalue weighted by Crippen LogP contribution is 2.23. The summed E-state index contributed by atoms with van der Waals surface area (Å²) in [5, 5.41) is 3.21. The summed E-state index contributed by atoms with van der Waals surface area (Å²) in [6.07, 6.45) is 4.54. The molecule has 0 aliphatic carbocycles. The number of pyridine rings is 1. The minimum Gasteiger partial charge on any atom is -0.356 e. The summed E-state index contributed by atoms with van der Waals surface area (Å²) in [6.45, 7) is 5.52. The van der Waals surface area contributed by atoms with Gasteiger partial charge < -0.3 is 10.2 Å². The Morgan fingerprint density at radius 2 is 2.44 bits per heavy atom. The number of nitrogens with one attached hydrogen (secondary N) is 1. The average Bonchev–Trinajstić information content (AvgIpc) is 2.30. The third-order valence-corrected chi connectivity index (χ3v) is 3.19. The van der Waals surface area contributed by atoms with Gasteiger partial charge >= 0.3 is 0 Å². The molecule has 1 aliphatic rings. The van der Waals surface area contributed by atoms with Gasteiger partial charge in [-0.05, 0) is 31.9 Å². The molecule has 0 bridgehead atoms. The van der Waals surface area contributed by atoms with Crippen molar-refractivity contribution in [2.75, 3.05) is 25.0 Å². The van der Waals surface area contributed by atoms with E-state index in [0.717, 1.165) is 25.6 Å². The van der Waals surface area contributed by atoms with E-state index in [1.165, 1.54) is 24.2 Å². The molecule has 3 nitrogen and oxygen atoms in total. The fraction of sp³-hybridized carbons (Fsp3) is 0.615. The molecule has 0 radical (unpaired) electrons. The lowest BCUT2D eigenvalue weighted by atomic mass is 10.00. The number of piperidine rings is 1. The largest absolute Gasteiger partial charge is 0.356 e. The molecule has 0 spiro atoms. The molecular weight excluding hydrogens is 198 g/mol. The van der Waals surface area contributed by atoms with Crippen LogP contribution in [-0.2, 0) is 6.54 Å². The lowest BCUT2D eigenvalue weighted by Crippen LogP contribution is -2.35. The number of hydrogen-bond donors (Lipinski definition) is 1. The fourth-order valence-corrected chi connectivity index (χ4v) is 2.43. The molecule has 1 unspecified atom stereocenters. The molecule has 2 heterocycles. The van der Waals surface area contributed by atoms with E-state index < -0.39 is 0 Å². The molecule has 88 valence electrons. The number of nitrogens with zero attached hydrogens (tertiary/aromatic N) is 2. The molecule has 1 aromatic heterocycles. The third-order valence-electron chi connectivity index (χ3n) is 3.19. The summed E-state index contributed by atoms with van der Waals surface area (Å²) in [7, 11) is 1.98. The second-order valence-electron chi connectivity index (χ2n) is 4.71. The SMILES string of the molecule is CNCc1cccnc1N1CCCC(C)C1. The van der Waals surface area contributed by atoms with Crippen molar-refractivity contribution in [2.45, 2.75) is 26.3 Å². The van der Waals surface area contributed by atoms with Crippen LogP contribution in [0.1, 0.15) is 25.3 Å². The molecule has 1 aliphatic heterocycles. The van der Waals surface area contributed by atoms with Crippen LogP contribution in [0, 0.1) is 5.92 Å². The highest BCUT2D eigenvalue weighted by molar-refractivity contribution is 5.47. The quantitative estimate of drug-likeness (QED) is 0.843. The maximum absolute atomic E-state index is 4.54. The van der Waals surface area contributed by atoms with Gasteiger partial charge in [0, 0.05) is 31.4 Å². The van der Waals surface area contributed by atoms with Crippen molar-refractivity contribution in [3.63, 3.8) is 0 Å². The first-order valence-corrected chi connectivity index (χ1v) is 6.14. The highest BCUT2D eigenvalue weighted by atomic mass is 15.2. The lowest BCUT2D eigenvalue weighted by molar-refractivity contribution is 0.443. The Morgan fingerprint density at radius 1 is 1.56 bits per heavy atom. The molecular formula is C13H21N3. The van der Waals surface area contributed by atoms with Gasteiger partial charge in [-0.15, -0.1) is 0 Å². The van der Waals surface area contributed by atoms with Gasteiger partial charge in [0.15, 0.2) is 0 Å². The van der Waals surface area contributed by atoms with Gasteiger partial charge in [-0.25, -0.2) is 4.98 Å². The van der Waals surface area contributed by atoms with Crippen LogP contribution in [-0.4, -0.2) is 25.1 Å². The van der Waals surface area contributed by atoms with E-state index in [-0.39, 0.29) is 0 Å². The number of anilines is 1. The molecule has 1 atom stereocenters. The first-order chi connectivity index (χ1) is 7.81. The summed E-state index contributed by atoms with van der Waals surface area (Å²) in [4.78, 5) is 6.97. The van der Waals surface area contributed by atoms with Crippen LogP contribution in [0.25, 0.3) is 0 Å². The predicted octanol–water partition coefficient (Wildman–Crippen LogP) is 2.04. The minimum absolute atomic E-state index is 0.790. The van der Waals surface area contributed by atoms with Crippen molar-refractivity contribution in [3.05, 3.63) is 23.9 Å². The van der Waals surface area contributed by atoms with Crippen molar-refractivity contribution in [1.82, 2.24) is 10.3 Å². The van der Waals surface area contributed by atoms with Crippen LogP contribution < -0.4 is 10.2 Å². The van der Waals surface area contributed by atoms with Crippen LogP contribution in [0.5, 0.6) is 0 Å². The van der Waals surface area contributed by atoms with Gasteiger partial charge in [-0.3, -0.25) is 0 Å². The van der Waals surface area contributed by atoms with Gasteiger partial charge in [-0.1, -0.05) is 13.0 Å². The van der Waals surface area contributed by atoms with Crippen LogP contribution in [0.15, 0.2) is 18.3 Å². The third kappa shape index (κ3) is 2.53. The van der Waals surface area contributed by atoms with Crippen LogP contribution in [0.2, 0.25) is 0 Å². The Kier molecular flexibility index (Phi) is 3.78. The van der Waals surface area contributed by atoms with Crippen molar-refractivity contribution in [3.8, 4) is 0 Å². The zero-order valence-electron chi connectivity index (χ0n) is 10.2. The van der Waals surface area contributed by atoms with Crippen LogP contribution in [0.3, 0.4) is 0 Å². The van der Waals surface area contributed by atoms with E-state index in [0.29, 0.717) is 0 Å². The Bertz CT molecular complexity index is 338. The van der Waals surface area contributed by atoms with Gasteiger partial charge in [0.05, 0.1) is 0 Å². The fourth-order valence-electron chi connectivity index (χ4n) is 2.43. The van der Waals surface area contributed by atoms with Gasteiger partial charge in [0.1, 0.15) is 5.82 Å². The second kappa shape index (κ2) is 5.30. The van der Waals surface area contributed by atoms with Crippen molar-refractivity contribution < 1.29 is 0 Å². The van der Waals surface area contributed by atoms with E-state index in [9.17, 15) is 0 Å². The summed E-state index contributed by atoms with van der Waals surface area (Å²) < 4.78 is 0. The summed E-state index contributed by atoms with van der Waals surface area (Å²) >= 11 is 0. The topological polar surface area (TPSA) is 28.2 Å². The summed E-state index contributed by atoms with van der Waals surface area (Å²) in [6, 6.07) is 4.18.